The zero-order valence-electron chi connectivity index (χ0n) is 11.2. The molecule has 1 aliphatic rings. The lowest BCUT2D eigenvalue weighted by atomic mass is 10.2. The largest absolute Gasteiger partial charge is 0.349 e. The van der Waals surface area contributed by atoms with E-state index in [-0.39, 0.29) is 10.6 Å². The van der Waals surface area contributed by atoms with E-state index in [0.717, 1.165) is 19.5 Å². The molecule has 2 N–H and O–H groups in total. The topological polar surface area (TPSA) is 36.9 Å². The Labute approximate surface area is 117 Å². The van der Waals surface area contributed by atoms with Crippen LogP contribution in [0.1, 0.15) is 29.2 Å². The smallest absolute Gasteiger partial charge is 0.236 e. The number of hydrogen-bond acceptors (Lipinski definition) is 3. The maximum Gasteiger partial charge on any atom is 0.236 e. The molecule has 1 aromatic rings. The van der Waals surface area contributed by atoms with Gasteiger partial charge < -0.3 is 10.2 Å². The van der Waals surface area contributed by atoms with E-state index in [0.29, 0.717) is 5.91 Å². The van der Waals surface area contributed by atoms with Crippen LogP contribution in [0.2, 0.25) is 0 Å². The molecule has 1 fully saturated rings. The third-order valence-corrected chi connectivity index (χ3v) is 5.84. The number of quaternary nitrogens is 1. The number of thioether (sulfide) groups is 1. The summed E-state index contributed by atoms with van der Waals surface area (Å²) < 4.78 is 0. The molecule has 1 aromatic heterocycles. The number of thiophene rings is 1. The Kier molecular flexibility index (Phi) is 4.70. The van der Waals surface area contributed by atoms with Crippen LogP contribution in [0.3, 0.4) is 0 Å². The fourth-order valence-corrected chi connectivity index (χ4v) is 4.76. The zero-order chi connectivity index (χ0) is 13.1. The predicted molar refractivity (Wildman–Crippen MR) is 77.9 cm³/mol. The highest BCUT2D eigenvalue weighted by Gasteiger charge is 2.39. The van der Waals surface area contributed by atoms with Gasteiger partial charge in [0, 0.05) is 17.8 Å². The van der Waals surface area contributed by atoms with Gasteiger partial charge in [-0.05, 0) is 30.9 Å². The van der Waals surface area contributed by atoms with Gasteiger partial charge in [-0.15, -0.1) is 23.1 Å². The summed E-state index contributed by atoms with van der Waals surface area (Å²) in [5.41, 5.74) is 1.31. The number of nitrogens with two attached hydrogens (primary N) is 1. The second-order valence-corrected chi connectivity index (χ2v) is 7.05. The van der Waals surface area contributed by atoms with Crippen molar-refractivity contribution in [1.82, 2.24) is 4.90 Å². The van der Waals surface area contributed by atoms with E-state index in [2.05, 4.69) is 35.6 Å². The van der Waals surface area contributed by atoms with E-state index < -0.39 is 0 Å². The first kappa shape index (κ1) is 13.9. The minimum atomic E-state index is 0.0992. The fourth-order valence-electron chi connectivity index (χ4n) is 2.21. The third-order valence-electron chi connectivity index (χ3n) is 3.26. The second kappa shape index (κ2) is 6.08. The van der Waals surface area contributed by atoms with Gasteiger partial charge in [0.25, 0.3) is 0 Å². The second-order valence-electron chi connectivity index (χ2n) is 4.68. The van der Waals surface area contributed by atoms with Crippen LogP contribution in [0, 0.1) is 6.92 Å². The lowest BCUT2D eigenvalue weighted by Crippen LogP contribution is -2.79. The predicted octanol–water partition coefficient (Wildman–Crippen LogP) is 1.60. The molecule has 0 spiro atoms. The van der Waals surface area contributed by atoms with Crippen LogP contribution in [-0.4, -0.2) is 36.2 Å². The molecule has 0 aromatic carbocycles. The molecule has 2 atom stereocenters. The highest BCUT2D eigenvalue weighted by Crippen LogP contribution is 2.45. The highest BCUT2D eigenvalue weighted by atomic mass is 32.2. The Morgan fingerprint density at radius 2 is 2.28 bits per heavy atom. The van der Waals surface area contributed by atoms with Crippen molar-refractivity contribution < 1.29 is 10.1 Å². The molecule has 5 heteroatoms. The number of amides is 1. The summed E-state index contributed by atoms with van der Waals surface area (Å²) >= 11 is 3.56. The van der Waals surface area contributed by atoms with Crippen LogP contribution in [0.4, 0.5) is 0 Å². The van der Waals surface area contributed by atoms with E-state index in [4.69, 9.17) is 0 Å². The Morgan fingerprint density at radius 3 is 2.89 bits per heavy atom. The Bertz CT molecular complexity index is 419. The van der Waals surface area contributed by atoms with Crippen molar-refractivity contribution in [3.8, 4) is 0 Å². The molecule has 3 nitrogen and oxygen atoms in total. The van der Waals surface area contributed by atoms with E-state index in [1.165, 1.54) is 10.4 Å². The zero-order valence-corrected chi connectivity index (χ0v) is 12.8. The van der Waals surface area contributed by atoms with Gasteiger partial charge in [0.2, 0.25) is 5.91 Å². The van der Waals surface area contributed by atoms with Crippen molar-refractivity contribution in [2.75, 3.05) is 20.1 Å². The van der Waals surface area contributed by atoms with Crippen LogP contribution in [-0.2, 0) is 4.79 Å². The molecule has 0 saturated carbocycles. The van der Waals surface area contributed by atoms with Gasteiger partial charge in [-0.2, -0.15) is 0 Å². The molecule has 2 rings (SSSR count). The van der Waals surface area contributed by atoms with Crippen molar-refractivity contribution in [2.24, 2.45) is 0 Å². The van der Waals surface area contributed by atoms with Crippen molar-refractivity contribution in [3.05, 3.63) is 21.9 Å². The molecular formula is C13H21N2OS2+. The fraction of sp³-hybridized carbons (Fsp3) is 0.615. The van der Waals surface area contributed by atoms with E-state index >= 15 is 0 Å². The van der Waals surface area contributed by atoms with Crippen LogP contribution < -0.4 is 5.32 Å². The summed E-state index contributed by atoms with van der Waals surface area (Å²) in [6.45, 7) is 6.12. The number of carbonyl (C=O) groups excluding carboxylic acids is 1. The minimum absolute atomic E-state index is 0.0992. The van der Waals surface area contributed by atoms with Gasteiger partial charge >= 0.3 is 0 Å². The van der Waals surface area contributed by atoms with Gasteiger partial charge in [-0.1, -0.05) is 0 Å². The first-order valence-electron chi connectivity index (χ1n) is 6.43. The molecule has 0 unspecified atom stereocenters. The van der Waals surface area contributed by atoms with Gasteiger partial charge in [0.05, 0.1) is 18.8 Å². The maximum absolute atomic E-state index is 12.2. The molecule has 18 heavy (non-hydrogen) atoms. The SMILES string of the molecule is C[NH2+]CCCN1C(=O)[C@H](C)S[C@@H]1c1sccc1C. The highest BCUT2D eigenvalue weighted by molar-refractivity contribution is 8.01. The molecule has 0 bridgehead atoms. The standard InChI is InChI=1S/C13H20N2OS2/c1-9-5-8-17-11(9)13-15(7-4-6-14-3)12(16)10(2)18-13/h5,8,10,13-14H,4,6-7H2,1-3H3/p+1/t10-,13+/m0/s1. The quantitative estimate of drug-likeness (QED) is 0.834. The number of carbonyl (C=O) groups is 1. The molecule has 1 saturated heterocycles. The van der Waals surface area contributed by atoms with Gasteiger partial charge in [-0.25, -0.2) is 0 Å². The number of nitrogens with zero attached hydrogens (tertiary/aromatic N) is 1. The monoisotopic (exact) mass is 285 g/mol. The molecular weight excluding hydrogens is 264 g/mol. The van der Waals surface area contributed by atoms with Crippen molar-refractivity contribution in [3.63, 3.8) is 0 Å². The Hall–Kier alpha value is -0.520. The van der Waals surface area contributed by atoms with Crippen LogP contribution in [0.5, 0.6) is 0 Å². The van der Waals surface area contributed by atoms with Crippen LogP contribution in [0.25, 0.3) is 0 Å². The molecule has 0 aliphatic carbocycles. The van der Waals surface area contributed by atoms with E-state index in [9.17, 15) is 4.79 Å². The maximum atomic E-state index is 12.2. The summed E-state index contributed by atoms with van der Waals surface area (Å²) in [6.07, 6.45) is 1.07. The molecule has 0 radical (unpaired) electrons. The normalized spacial score (nSPS) is 23.9. The van der Waals surface area contributed by atoms with Crippen molar-refractivity contribution >= 4 is 29.0 Å². The molecule has 100 valence electrons. The summed E-state index contributed by atoms with van der Waals surface area (Å²) in [7, 11) is 2.07. The van der Waals surface area contributed by atoms with Crippen LogP contribution in [0.15, 0.2) is 11.4 Å². The average molecular weight is 285 g/mol. The third kappa shape index (κ3) is 2.73. The summed E-state index contributed by atoms with van der Waals surface area (Å²) in [5.74, 6) is 0.300. The lowest BCUT2D eigenvalue weighted by molar-refractivity contribution is -0.627. The minimum Gasteiger partial charge on any atom is -0.349 e. The van der Waals surface area contributed by atoms with Crippen molar-refractivity contribution in [1.29, 1.82) is 0 Å². The number of hydrogen-bond donors (Lipinski definition) is 1. The van der Waals surface area contributed by atoms with E-state index in [1.807, 2.05) is 6.92 Å². The first-order chi connectivity index (χ1) is 8.65. The average Bonchev–Trinajstić information content (AvgIpc) is 2.87. The van der Waals surface area contributed by atoms with Crippen LogP contribution >= 0.6 is 23.1 Å². The van der Waals surface area contributed by atoms with Crippen molar-refractivity contribution in [2.45, 2.75) is 30.9 Å². The summed E-state index contributed by atoms with van der Waals surface area (Å²) in [6, 6.07) is 2.14. The lowest BCUT2D eigenvalue weighted by Gasteiger charge is -2.23. The summed E-state index contributed by atoms with van der Waals surface area (Å²) in [5, 5.41) is 4.63. The first-order valence-corrected chi connectivity index (χ1v) is 8.25. The number of aryl methyl sites for hydroxylation is 1. The Morgan fingerprint density at radius 1 is 1.50 bits per heavy atom. The van der Waals surface area contributed by atoms with E-state index in [1.54, 1.807) is 23.1 Å². The number of rotatable bonds is 5. The molecule has 1 amide bonds. The Balaban J connectivity index is 2.12. The van der Waals surface area contributed by atoms with Gasteiger partial charge in [0.1, 0.15) is 5.37 Å². The van der Waals surface area contributed by atoms with Gasteiger partial charge in [-0.3, -0.25) is 4.79 Å². The summed E-state index contributed by atoms with van der Waals surface area (Å²) in [4.78, 5) is 15.6. The molecule has 2 heterocycles. The molecule has 1 aliphatic heterocycles. The van der Waals surface area contributed by atoms with Gasteiger partial charge in [0.15, 0.2) is 0 Å².